The first-order chi connectivity index (χ1) is 7.43. The molecule has 0 aliphatic heterocycles. The summed E-state index contributed by atoms with van der Waals surface area (Å²) in [6, 6.07) is 6.63. The van der Waals surface area contributed by atoms with Crippen molar-refractivity contribution >= 4 is 11.0 Å². The molecule has 2 heteroatoms. The van der Waals surface area contributed by atoms with Crippen LogP contribution in [0.25, 0.3) is 11.0 Å². The third-order valence-electron chi connectivity index (χ3n) is 3.12. The molecule has 2 rings (SSSR count). The quantitative estimate of drug-likeness (QED) is 0.711. The Morgan fingerprint density at radius 3 is 2.50 bits per heavy atom. The number of fused-ring (bicyclic) bond motifs is 1. The van der Waals surface area contributed by atoms with Gasteiger partial charge in [0, 0.05) is 6.54 Å². The van der Waals surface area contributed by atoms with E-state index in [0.29, 0.717) is 0 Å². The normalized spacial score (nSPS) is 12.3. The van der Waals surface area contributed by atoms with Gasteiger partial charge in [-0.2, -0.15) is 0 Å². The van der Waals surface area contributed by atoms with Crippen LogP contribution < -0.4 is 0 Å². The molecule has 0 amide bonds. The van der Waals surface area contributed by atoms with Crippen LogP contribution in [0.15, 0.2) is 18.2 Å². The number of benzene rings is 1. The number of hydrogen-bond donors (Lipinski definition) is 0. The van der Waals surface area contributed by atoms with Crippen LogP contribution >= 0.6 is 0 Å². The van der Waals surface area contributed by atoms with Crippen molar-refractivity contribution in [1.29, 1.82) is 0 Å². The lowest BCUT2D eigenvalue weighted by molar-refractivity contribution is 0.591. The molecule has 0 N–H and O–H groups in total. The van der Waals surface area contributed by atoms with Crippen molar-refractivity contribution in [3.05, 3.63) is 29.6 Å². The predicted molar refractivity (Wildman–Crippen MR) is 68.8 cm³/mol. The maximum Gasteiger partial charge on any atom is 0.106 e. The number of nitrogens with zero attached hydrogens (tertiary/aromatic N) is 2. The third kappa shape index (κ3) is 1.73. The van der Waals surface area contributed by atoms with Crippen molar-refractivity contribution in [3.8, 4) is 0 Å². The summed E-state index contributed by atoms with van der Waals surface area (Å²) in [6.45, 7) is 11.9. The molecule has 1 aromatic heterocycles. The van der Waals surface area contributed by atoms with E-state index in [9.17, 15) is 0 Å². The van der Waals surface area contributed by atoms with Crippen molar-refractivity contribution in [2.45, 2.75) is 46.6 Å². The van der Waals surface area contributed by atoms with Gasteiger partial charge in [-0.3, -0.25) is 0 Å². The van der Waals surface area contributed by atoms with E-state index in [1.54, 1.807) is 0 Å². The van der Waals surface area contributed by atoms with Crippen LogP contribution in [0, 0.1) is 6.92 Å². The van der Waals surface area contributed by atoms with Gasteiger partial charge in [0.15, 0.2) is 0 Å². The van der Waals surface area contributed by atoms with Gasteiger partial charge in [-0.15, -0.1) is 0 Å². The Labute approximate surface area is 97.3 Å². The average molecular weight is 216 g/mol. The van der Waals surface area contributed by atoms with E-state index in [-0.39, 0.29) is 5.41 Å². The summed E-state index contributed by atoms with van der Waals surface area (Å²) in [5.41, 5.74) is 3.90. The lowest BCUT2D eigenvalue weighted by Crippen LogP contribution is -2.10. The maximum atomic E-state index is 4.62. The molecule has 0 fully saturated rings. The summed E-state index contributed by atoms with van der Waals surface area (Å²) in [5, 5.41) is 0. The van der Waals surface area contributed by atoms with Crippen LogP contribution in [-0.2, 0) is 12.0 Å². The zero-order chi connectivity index (χ0) is 11.9. The van der Waals surface area contributed by atoms with Gasteiger partial charge >= 0.3 is 0 Å². The first kappa shape index (κ1) is 11.2. The molecule has 0 radical (unpaired) electrons. The van der Waals surface area contributed by atoms with Gasteiger partial charge < -0.3 is 4.57 Å². The zero-order valence-electron chi connectivity index (χ0n) is 10.8. The molecule has 0 saturated heterocycles. The van der Waals surface area contributed by atoms with Crippen molar-refractivity contribution < 1.29 is 0 Å². The highest BCUT2D eigenvalue weighted by Crippen LogP contribution is 2.26. The van der Waals surface area contributed by atoms with Crippen molar-refractivity contribution in [2.75, 3.05) is 0 Å². The minimum atomic E-state index is 0.193. The fourth-order valence-electron chi connectivity index (χ4n) is 2.12. The lowest BCUT2D eigenvalue weighted by Gasteiger charge is -2.18. The van der Waals surface area contributed by atoms with Gasteiger partial charge in [-0.05, 0) is 37.0 Å². The molecule has 16 heavy (non-hydrogen) atoms. The van der Waals surface area contributed by atoms with E-state index in [1.165, 1.54) is 11.1 Å². The van der Waals surface area contributed by atoms with Gasteiger partial charge in [0.05, 0.1) is 11.0 Å². The summed E-state index contributed by atoms with van der Waals surface area (Å²) in [6.07, 6.45) is 0. The molecule has 0 bridgehead atoms. The fourth-order valence-corrected chi connectivity index (χ4v) is 2.12. The number of aromatic nitrogens is 2. The van der Waals surface area contributed by atoms with Gasteiger partial charge in [-0.25, -0.2) is 4.98 Å². The van der Waals surface area contributed by atoms with Crippen LogP contribution in [0.5, 0.6) is 0 Å². The minimum absolute atomic E-state index is 0.193. The second kappa shape index (κ2) is 3.62. The van der Waals surface area contributed by atoms with Crippen molar-refractivity contribution in [1.82, 2.24) is 9.55 Å². The molecule has 0 saturated carbocycles. The largest absolute Gasteiger partial charge is 0.329 e. The summed E-state index contributed by atoms with van der Waals surface area (Å²) in [7, 11) is 0. The van der Waals surface area contributed by atoms with E-state index in [1.807, 2.05) is 0 Å². The highest BCUT2D eigenvalue weighted by Gasteiger charge is 2.15. The Morgan fingerprint density at radius 1 is 1.25 bits per heavy atom. The predicted octanol–water partition coefficient (Wildman–Crippen LogP) is 3.66. The van der Waals surface area contributed by atoms with Gasteiger partial charge in [0.25, 0.3) is 0 Å². The molecular formula is C14H20N2. The van der Waals surface area contributed by atoms with Crippen LogP contribution in [0.4, 0.5) is 0 Å². The molecule has 0 atom stereocenters. The molecule has 2 aromatic rings. The Balaban J connectivity index is 2.65. The number of hydrogen-bond acceptors (Lipinski definition) is 1. The Hall–Kier alpha value is -1.31. The molecule has 2 nitrogen and oxygen atoms in total. The second-order valence-corrected chi connectivity index (χ2v) is 5.36. The summed E-state index contributed by atoms with van der Waals surface area (Å²) >= 11 is 0. The first-order valence-corrected chi connectivity index (χ1v) is 5.91. The third-order valence-corrected chi connectivity index (χ3v) is 3.12. The van der Waals surface area contributed by atoms with E-state index in [4.69, 9.17) is 0 Å². The molecule has 1 heterocycles. The molecule has 0 spiro atoms. The molecule has 86 valence electrons. The summed E-state index contributed by atoms with van der Waals surface area (Å²) < 4.78 is 2.25. The van der Waals surface area contributed by atoms with Crippen LogP contribution in [0.1, 0.15) is 39.1 Å². The number of rotatable bonds is 1. The van der Waals surface area contributed by atoms with Crippen molar-refractivity contribution in [3.63, 3.8) is 0 Å². The average Bonchev–Trinajstić information content (AvgIpc) is 2.50. The van der Waals surface area contributed by atoms with Gasteiger partial charge in [0.2, 0.25) is 0 Å². The molecule has 1 aromatic carbocycles. The highest BCUT2D eigenvalue weighted by molar-refractivity contribution is 5.77. The monoisotopic (exact) mass is 216 g/mol. The van der Waals surface area contributed by atoms with Crippen LogP contribution in [0.3, 0.4) is 0 Å². The molecule has 0 unspecified atom stereocenters. The van der Waals surface area contributed by atoms with Crippen molar-refractivity contribution in [2.24, 2.45) is 0 Å². The van der Waals surface area contributed by atoms with E-state index >= 15 is 0 Å². The standard InChI is InChI=1S/C14H20N2/c1-6-16-10(2)15-12-9-11(14(3,4)5)7-8-13(12)16/h7-9H,6H2,1-5H3. The smallest absolute Gasteiger partial charge is 0.106 e. The zero-order valence-corrected chi connectivity index (χ0v) is 10.8. The fraction of sp³-hybridized carbons (Fsp3) is 0.500. The van der Waals surface area contributed by atoms with Crippen LogP contribution in [0.2, 0.25) is 0 Å². The van der Waals surface area contributed by atoms with E-state index in [2.05, 4.69) is 62.4 Å². The van der Waals surface area contributed by atoms with Gasteiger partial charge in [-0.1, -0.05) is 26.8 Å². The number of imidazole rings is 1. The maximum absolute atomic E-state index is 4.62. The Kier molecular flexibility index (Phi) is 2.53. The van der Waals surface area contributed by atoms with Crippen LogP contribution in [-0.4, -0.2) is 9.55 Å². The Morgan fingerprint density at radius 2 is 1.94 bits per heavy atom. The SMILES string of the molecule is CCn1c(C)nc2cc(C(C)(C)C)ccc21. The summed E-state index contributed by atoms with van der Waals surface area (Å²) in [5.74, 6) is 1.10. The minimum Gasteiger partial charge on any atom is -0.329 e. The lowest BCUT2D eigenvalue weighted by atomic mass is 9.87. The Bertz CT molecular complexity index is 515. The molecule has 0 aliphatic rings. The first-order valence-electron chi connectivity index (χ1n) is 5.91. The topological polar surface area (TPSA) is 17.8 Å². The molecular weight excluding hydrogens is 196 g/mol. The second-order valence-electron chi connectivity index (χ2n) is 5.36. The highest BCUT2D eigenvalue weighted by atomic mass is 15.1. The summed E-state index contributed by atoms with van der Waals surface area (Å²) in [4.78, 5) is 4.62. The van der Waals surface area contributed by atoms with E-state index in [0.717, 1.165) is 17.9 Å². The van der Waals surface area contributed by atoms with E-state index < -0.39 is 0 Å². The molecule has 0 aliphatic carbocycles. The van der Waals surface area contributed by atoms with Gasteiger partial charge in [0.1, 0.15) is 5.82 Å². The number of aryl methyl sites for hydroxylation is 2.